The second-order valence-electron chi connectivity index (χ2n) is 4.04. The topological polar surface area (TPSA) is 50.8 Å². The minimum Gasteiger partial charge on any atom is -0.447 e. The van der Waals surface area contributed by atoms with Crippen molar-refractivity contribution in [3.8, 4) is 0 Å². The number of rotatable bonds is 7. The number of nitrogens with one attached hydrogen (secondary N) is 1. The molecule has 5 nitrogen and oxygen atoms in total. The van der Waals surface area contributed by atoms with E-state index in [1.807, 2.05) is 37.2 Å². The van der Waals surface area contributed by atoms with Gasteiger partial charge in [-0.15, -0.1) is 0 Å². The molecule has 18 heavy (non-hydrogen) atoms. The maximum absolute atomic E-state index is 11.4. The minimum absolute atomic E-state index is 0.256. The molecule has 0 atom stereocenters. The number of nitrogens with zero attached hydrogens (tertiary/aromatic N) is 1. The predicted molar refractivity (Wildman–Crippen MR) is 70.8 cm³/mol. The van der Waals surface area contributed by atoms with Crippen LogP contribution in [0.15, 0.2) is 30.3 Å². The summed E-state index contributed by atoms with van der Waals surface area (Å²) >= 11 is 0. The molecular formula is C13H20N2O3. The van der Waals surface area contributed by atoms with Crippen LogP contribution >= 0.6 is 0 Å². The Hall–Kier alpha value is -1.59. The lowest BCUT2D eigenvalue weighted by molar-refractivity contribution is 0.0707. The van der Waals surface area contributed by atoms with Crippen molar-refractivity contribution in [3.63, 3.8) is 0 Å². The number of hydrogen-bond acceptors (Lipinski definition) is 4. The molecule has 0 saturated heterocycles. The van der Waals surface area contributed by atoms with Crippen molar-refractivity contribution < 1.29 is 14.3 Å². The number of ether oxygens (including phenoxy) is 2. The molecule has 0 radical (unpaired) electrons. The van der Waals surface area contributed by atoms with Crippen molar-refractivity contribution in [1.29, 1.82) is 0 Å². The summed E-state index contributed by atoms with van der Waals surface area (Å²) in [6.45, 7) is 2.16. The Labute approximate surface area is 108 Å². The number of anilines is 1. The lowest BCUT2D eigenvalue weighted by atomic mass is 10.3. The van der Waals surface area contributed by atoms with Gasteiger partial charge in [-0.1, -0.05) is 18.2 Å². The van der Waals surface area contributed by atoms with Gasteiger partial charge in [-0.25, -0.2) is 4.79 Å². The first kappa shape index (κ1) is 14.5. The largest absolute Gasteiger partial charge is 0.447 e. The van der Waals surface area contributed by atoms with Crippen LogP contribution in [-0.4, -0.2) is 51.5 Å². The van der Waals surface area contributed by atoms with Gasteiger partial charge in [-0.2, -0.15) is 0 Å². The van der Waals surface area contributed by atoms with Gasteiger partial charge in [0.05, 0.1) is 13.2 Å². The van der Waals surface area contributed by atoms with E-state index >= 15 is 0 Å². The number of benzene rings is 1. The van der Waals surface area contributed by atoms with Crippen molar-refractivity contribution >= 4 is 11.8 Å². The van der Waals surface area contributed by atoms with Gasteiger partial charge in [-0.3, -0.25) is 5.32 Å². The first-order valence-electron chi connectivity index (χ1n) is 5.90. The van der Waals surface area contributed by atoms with Crippen LogP contribution in [0.4, 0.5) is 10.5 Å². The highest BCUT2D eigenvalue weighted by Crippen LogP contribution is 2.04. The van der Waals surface area contributed by atoms with Gasteiger partial charge < -0.3 is 14.4 Å². The third-order valence-corrected chi connectivity index (χ3v) is 2.16. The Morgan fingerprint density at radius 3 is 2.56 bits per heavy atom. The Bertz CT molecular complexity index is 341. The van der Waals surface area contributed by atoms with Gasteiger partial charge in [0.25, 0.3) is 0 Å². The zero-order chi connectivity index (χ0) is 13.2. The molecule has 0 aliphatic rings. The van der Waals surface area contributed by atoms with Crippen molar-refractivity contribution in [2.75, 3.05) is 45.8 Å². The number of carbonyl (C=O) groups excluding carboxylic acids is 1. The average molecular weight is 252 g/mol. The minimum atomic E-state index is -0.461. The molecule has 0 fully saturated rings. The van der Waals surface area contributed by atoms with Gasteiger partial charge in [0.15, 0.2) is 0 Å². The van der Waals surface area contributed by atoms with Crippen LogP contribution < -0.4 is 5.32 Å². The Morgan fingerprint density at radius 2 is 1.89 bits per heavy atom. The average Bonchev–Trinajstić information content (AvgIpc) is 2.34. The van der Waals surface area contributed by atoms with Crippen molar-refractivity contribution in [1.82, 2.24) is 4.90 Å². The first-order valence-corrected chi connectivity index (χ1v) is 5.90. The summed E-state index contributed by atoms with van der Waals surface area (Å²) < 4.78 is 10.3. The molecule has 0 spiro atoms. The maximum Gasteiger partial charge on any atom is 0.411 e. The van der Waals surface area contributed by atoms with Crippen LogP contribution in [0.5, 0.6) is 0 Å². The van der Waals surface area contributed by atoms with Gasteiger partial charge in [0.2, 0.25) is 0 Å². The summed E-state index contributed by atoms with van der Waals surface area (Å²) in [6, 6.07) is 9.18. The SMILES string of the molecule is CN(C)CCOCCOC(=O)Nc1ccccc1. The molecule has 1 amide bonds. The van der Waals surface area contributed by atoms with E-state index in [-0.39, 0.29) is 6.61 Å². The molecule has 5 heteroatoms. The third kappa shape index (κ3) is 6.88. The molecular weight excluding hydrogens is 232 g/mol. The summed E-state index contributed by atoms with van der Waals surface area (Å²) in [5.41, 5.74) is 0.719. The number of hydrogen-bond donors (Lipinski definition) is 1. The van der Waals surface area contributed by atoms with E-state index in [2.05, 4.69) is 5.32 Å². The summed E-state index contributed by atoms with van der Waals surface area (Å²) in [4.78, 5) is 13.4. The molecule has 0 aliphatic heterocycles. The molecule has 0 heterocycles. The normalized spacial score (nSPS) is 10.4. The zero-order valence-electron chi connectivity index (χ0n) is 10.9. The van der Waals surface area contributed by atoms with Crippen molar-refractivity contribution in [2.24, 2.45) is 0 Å². The highest BCUT2D eigenvalue weighted by Gasteiger charge is 2.01. The quantitative estimate of drug-likeness (QED) is 0.752. The summed E-state index contributed by atoms with van der Waals surface area (Å²) in [5.74, 6) is 0. The Morgan fingerprint density at radius 1 is 1.17 bits per heavy atom. The van der Waals surface area contributed by atoms with Crippen LogP contribution in [0, 0.1) is 0 Å². The van der Waals surface area contributed by atoms with E-state index in [0.29, 0.717) is 13.2 Å². The van der Waals surface area contributed by atoms with Crippen LogP contribution in [-0.2, 0) is 9.47 Å². The molecule has 1 rings (SSSR count). The monoisotopic (exact) mass is 252 g/mol. The summed E-state index contributed by atoms with van der Waals surface area (Å²) in [5, 5.41) is 2.63. The van der Waals surface area contributed by atoms with Crippen LogP contribution in [0.1, 0.15) is 0 Å². The lowest BCUT2D eigenvalue weighted by Gasteiger charge is -2.10. The van der Waals surface area contributed by atoms with Gasteiger partial charge in [0.1, 0.15) is 6.61 Å². The number of amides is 1. The van der Waals surface area contributed by atoms with E-state index in [1.54, 1.807) is 12.1 Å². The molecule has 100 valence electrons. The van der Waals surface area contributed by atoms with Gasteiger partial charge in [0, 0.05) is 12.2 Å². The highest BCUT2D eigenvalue weighted by atomic mass is 16.6. The third-order valence-electron chi connectivity index (χ3n) is 2.16. The van der Waals surface area contributed by atoms with Crippen LogP contribution in [0.3, 0.4) is 0 Å². The van der Waals surface area contributed by atoms with Gasteiger partial charge >= 0.3 is 6.09 Å². The summed E-state index contributed by atoms with van der Waals surface area (Å²) in [6.07, 6.45) is -0.461. The fraction of sp³-hybridized carbons (Fsp3) is 0.462. The second-order valence-corrected chi connectivity index (χ2v) is 4.04. The molecule has 1 N–H and O–H groups in total. The number of para-hydroxylation sites is 1. The van der Waals surface area contributed by atoms with E-state index in [1.165, 1.54) is 0 Å². The number of carbonyl (C=O) groups is 1. The molecule has 0 aromatic heterocycles. The predicted octanol–water partition coefficient (Wildman–Crippen LogP) is 1.81. The second kappa shape index (κ2) is 8.49. The van der Waals surface area contributed by atoms with Crippen molar-refractivity contribution in [3.05, 3.63) is 30.3 Å². The number of likely N-dealkylation sites (N-methyl/N-ethyl adjacent to an activating group) is 1. The maximum atomic E-state index is 11.4. The zero-order valence-corrected chi connectivity index (χ0v) is 10.9. The molecule has 1 aromatic rings. The molecule has 0 saturated carbocycles. The van der Waals surface area contributed by atoms with Crippen LogP contribution in [0.25, 0.3) is 0 Å². The van der Waals surface area contributed by atoms with Crippen molar-refractivity contribution in [2.45, 2.75) is 0 Å². The fourth-order valence-electron chi connectivity index (χ4n) is 1.22. The van der Waals surface area contributed by atoms with Gasteiger partial charge in [-0.05, 0) is 26.2 Å². The molecule has 0 bridgehead atoms. The van der Waals surface area contributed by atoms with E-state index < -0.39 is 6.09 Å². The highest BCUT2D eigenvalue weighted by molar-refractivity contribution is 5.84. The first-order chi connectivity index (χ1) is 8.68. The van der Waals surface area contributed by atoms with E-state index in [4.69, 9.17) is 9.47 Å². The summed E-state index contributed by atoms with van der Waals surface area (Å²) in [7, 11) is 3.96. The van der Waals surface area contributed by atoms with Crippen LogP contribution in [0.2, 0.25) is 0 Å². The lowest BCUT2D eigenvalue weighted by Crippen LogP contribution is -2.20. The standard InChI is InChI=1S/C13H20N2O3/c1-15(2)8-9-17-10-11-18-13(16)14-12-6-4-3-5-7-12/h3-7H,8-11H2,1-2H3,(H,14,16). The molecule has 0 unspecified atom stereocenters. The Kier molecular flexibility index (Phi) is 6.83. The molecule has 1 aromatic carbocycles. The van der Waals surface area contributed by atoms with E-state index in [0.717, 1.165) is 12.2 Å². The van der Waals surface area contributed by atoms with E-state index in [9.17, 15) is 4.79 Å². The smallest absolute Gasteiger partial charge is 0.411 e. The Balaban J connectivity index is 2.04. The fourth-order valence-corrected chi connectivity index (χ4v) is 1.22. The molecule has 0 aliphatic carbocycles.